The fraction of sp³-hybridized carbons (Fsp3) is 0.462. The molecule has 1 fully saturated rings. The number of nitro groups is 1. The van der Waals surface area contributed by atoms with Crippen LogP contribution in [0.2, 0.25) is 0 Å². The maximum atomic E-state index is 11.2. The second kappa shape index (κ2) is 5.77. The van der Waals surface area contributed by atoms with Crippen molar-refractivity contribution in [2.24, 2.45) is 11.7 Å². The maximum Gasteiger partial charge on any atom is 0.273 e. The van der Waals surface area contributed by atoms with Gasteiger partial charge >= 0.3 is 0 Å². The predicted molar refractivity (Wildman–Crippen MR) is 76.8 cm³/mol. The smallest absolute Gasteiger partial charge is 0.273 e. The van der Waals surface area contributed by atoms with Gasteiger partial charge in [0.15, 0.2) is 0 Å². The molecule has 0 saturated carbocycles. The minimum atomic E-state index is -0.411. The highest BCUT2D eigenvalue weighted by Gasteiger charge is 2.27. The maximum absolute atomic E-state index is 11.2. The lowest BCUT2D eigenvalue weighted by Crippen LogP contribution is -2.27. The van der Waals surface area contributed by atoms with Gasteiger partial charge < -0.3 is 16.0 Å². The summed E-state index contributed by atoms with van der Waals surface area (Å²) in [6, 6.07) is 4.90. The van der Waals surface area contributed by atoms with Crippen LogP contribution in [0.15, 0.2) is 18.2 Å². The van der Waals surface area contributed by atoms with E-state index >= 15 is 0 Å². The Kier molecular flexibility index (Phi) is 4.07. The number of primary amides is 1. The lowest BCUT2D eigenvalue weighted by Gasteiger charge is -2.19. The van der Waals surface area contributed by atoms with Crippen LogP contribution in [0, 0.1) is 16.0 Å². The number of hydrogen-bond acceptors (Lipinski definition) is 5. The second-order valence-electron chi connectivity index (χ2n) is 4.86. The Balaban J connectivity index is 2.26. The van der Waals surface area contributed by atoms with Crippen molar-refractivity contribution in [1.29, 1.82) is 0 Å². The Morgan fingerprint density at radius 2 is 2.30 bits per heavy atom. The Morgan fingerprint density at radius 3 is 2.85 bits per heavy atom. The molecule has 1 aliphatic heterocycles. The van der Waals surface area contributed by atoms with E-state index in [2.05, 4.69) is 5.32 Å². The van der Waals surface area contributed by atoms with E-state index in [1.807, 2.05) is 17.9 Å². The third-order valence-electron chi connectivity index (χ3n) is 3.45. The van der Waals surface area contributed by atoms with Crippen LogP contribution in [0.4, 0.5) is 17.1 Å². The number of nitrogens with one attached hydrogen (secondary N) is 1. The van der Waals surface area contributed by atoms with E-state index in [-0.39, 0.29) is 17.5 Å². The molecule has 2 rings (SSSR count). The van der Waals surface area contributed by atoms with Crippen LogP contribution >= 0.6 is 0 Å². The number of benzene rings is 1. The standard InChI is InChI=1S/C13H18N4O3/c1-2-15-10-5-11(7-12(6-10)17(19)20)16-4-3-9(8-16)13(14)18/h5-7,9,15H,2-4,8H2,1H3,(H2,14,18). The van der Waals surface area contributed by atoms with E-state index in [0.717, 1.165) is 5.69 Å². The second-order valence-corrected chi connectivity index (χ2v) is 4.86. The van der Waals surface area contributed by atoms with E-state index in [4.69, 9.17) is 5.73 Å². The molecule has 0 aliphatic carbocycles. The molecule has 1 heterocycles. The van der Waals surface area contributed by atoms with Gasteiger partial charge in [0.2, 0.25) is 5.91 Å². The summed E-state index contributed by atoms with van der Waals surface area (Å²) >= 11 is 0. The number of carbonyl (C=O) groups excluding carboxylic acids is 1. The fourth-order valence-corrected chi connectivity index (χ4v) is 2.42. The van der Waals surface area contributed by atoms with Crippen molar-refractivity contribution in [1.82, 2.24) is 0 Å². The van der Waals surface area contributed by atoms with Crippen molar-refractivity contribution in [3.8, 4) is 0 Å². The van der Waals surface area contributed by atoms with Crippen LogP contribution in [0.25, 0.3) is 0 Å². The van der Waals surface area contributed by atoms with Crippen LogP contribution in [-0.4, -0.2) is 30.5 Å². The molecule has 0 spiro atoms. The van der Waals surface area contributed by atoms with Crippen LogP contribution in [0.1, 0.15) is 13.3 Å². The van der Waals surface area contributed by atoms with E-state index < -0.39 is 4.92 Å². The minimum absolute atomic E-state index is 0.0426. The Hall–Kier alpha value is -2.31. The fourth-order valence-electron chi connectivity index (χ4n) is 2.42. The van der Waals surface area contributed by atoms with E-state index in [1.165, 1.54) is 12.1 Å². The van der Waals surface area contributed by atoms with Crippen LogP contribution in [-0.2, 0) is 4.79 Å². The molecule has 3 N–H and O–H groups in total. The highest BCUT2D eigenvalue weighted by molar-refractivity contribution is 5.78. The van der Waals surface area contributed by atoms with Crippen LogP contribution in [0.3, 0.4) is 0 Å². The first-order valence-electron chi connectivity index (χ1n) is 6.59. The van der Waals surface area contributed by atoms with Gasteiger partial charge in [0, 0.05) is 43.1 Å². The van der Waals surface area contributed by atoms with Crippen molar-refractivity contribution in [3.05, 3.63) is 28.3 Å². The molecular formula is C13H18N4O3. The summed E-state index contributed by atoms with van der Waals surface area (Å²) < 4.78 is 0. The van der Waals surface area contributed by atoms with Gasteiger partial charge in [-0.2, -0.15) is 0 Å². The minimum Gasteiger partial charge on any atom is -0.385 e. The van der Waals surface area contributed by atoms with E-state index in [9.17, 15) is 14.9 Å². The molecule has 0 bridgehead atoms. The number of anilines is 2. The van der Waals surface area contributed by atoms with Gasteiger partial charge in [0.1, 0.15) is 0 Å². The van der Waals surface area contributed by atoms with Crippen molar-refractivity contribution in [2.75, 3.05) is 29.9 Å². The first kappa shape index (κ1) is 14.1. The number of nitro benzene ring substituents is 1. The Bertz CT molecular complexity index is 532. The molecule has 1 unspecified atom stereocenters. The summed E-state index contributed by atoms with van der Waals surface area (Å²) in [5, 5.41) is 14.1. The average molecular weight is 278 g/mol. The number of nitrogens with two attached hydrogens (primary N) is 1. The zero-order valence-electron chi connectivity index (χ0n) is 11.3. The number of nitrogens with zero attached hydrogens (tertiary/aromatic N) is 2. The topological polar surface area (TPSA) is 102 Å². The molecule has 20 heavy (non-hydrogen) atoms. The summed E-state index contributed by atoms with van der Waals surface area (Å²) in [7, 11) is 0. The SMILES string of the molecule is CCNc1cc(N2CCC(C(N)=O)C2)cc([N+](=O)[O-])c1. The highest BCUT2D eigenvalue weighted by atomic mass is 16.6. The first-order valence-corrected chi connectivity index (χ1v) is 6.59. The van der Waals surface area contributed by atoms with Crippen molar-refractivity contribution in [2.45, 2.75) is 13.3 Å². The van der Waals surface area contributed by atoms with Crippen molar-refractivity contribution >= 4 is 23.0 Å². The van der Waals surface area contributed by atoms with Gasteiger partial charge in [0.25, 0.3) is 5.69 Å². The van der Waals surface area contributed by atoms with Crippen molar-refractivity contribution in [3.63, 3.8) is 0 Å². The van der Waals surface area contributed by atoms with Crippen molar-refractivity contribution < 1.29 is 9.72 Å². The molecule has 1 aliphatic rings. The molecule has 108 valence electrons. The van der Waals surface area contributed by atoms with Gasteiger partial charge in [-0.25, -0.2) is 0 Å². The lowest BCUT2D eigenvalue weighted by atomic mass is 10.1. The third-order valence-corrected chi connectivity index (χ3v) is 3.45. The summed E-state index contributed by atoms with van der Waals surface area (Å²) in [6.45, 7) is 3.81. The number of carbonyl (C=O) groups is 1. The van der Waals surface area contributed by atoms with Gasteiger partial charge in [-0.3, -0.25) is 14.9 Å². The summed E-state index contributed by atoms with van der Waals surface area (Å²) in [5.74, 6) is -0.498. The molecule has 1 aromatic carbocycles. The molecule has 7 nitrogen and oxygen atoms in total. The quantitative estimate of drug-likeness (QED) is 0.625. The summed E-state index contributed by atoms with van der Waals surface area (Å²) in [5.41, 5.74) is 6.81. The van der Waals surface area contributed by atoms with Gasteiger partial charge in [-0.15, -0.1) is 0 Å². The van der Waals surface area contributed by atoms with Gasteiger partial charge in [0.05, 0.1) is 10.8 Å². The molecule has 1 aromatic rings. The predicted octanol–water partition coefficient (Wildman–Crippen LogP) is 1.34. The van der Waals surface area contributed by atoms with Gasteiger partial charge in [-0.05, 0) is 19.4 Å². The van der Waals surface area contributed by atoms with E-state index in [1.54, 1.807) is 0 Å². The molecule has 1 atom stereocenters. The molecule has 7 heteroatoms. The Labute approximate surface area is 116 Å². The van der Waals surface area contributed by atoms with Gasteiger partial charge in [-0.1, -0.05) is 0 Å². The van der Waals surface area contributed by atoms with Crippen LogP contribution in [0.5, 0.6) is 0 Å². The molecule has 0 radical (unpaired) electrons. The zero-order valence-corrected chi connectivity index (χ0v) is 11.3. The lowest BCUT2D eigenvalue weighted by molar-refractivity contribution is -0.384. The highest BCUT2D eigenvalue weighted by Crippen LogP contribution is 2.30. The monoisotopic (exact) mass is 278 g/mol. The molecule has 1 saturated heterocycles. The third kappa shape index (κ3) is 2.98. The first-order chi connectivity index (χ1) is 9.51. The number of non-ortho nitro benzene ring substituents is 1. The zero-order chi connectivity index (χ0) is 14.7. The molecule has 1 amide bonds. The summed E-state index contributed by atoms with van der Waals surface area (Å²) in [6.07, 6.45) is 0.689. The summed E-state index contributed by atoms with van der Waals surface area (Å²) in [4.78, 5) is 23.7. The number of hydrogen-bond donors (Lipinski definition) is 2. The number of amides is 1. The Morgan fingerprint density at radius 1 is 1.55 bits per heavy atom. The average Bonchev–Trinajstić information content (AvgIpc) is 2.88. The van der Waals surface area contributed by atoms with Crippen LogP contribution < -0.4 is 16.0 Å². The number of rotatable bonds is 5. The molecule has 0 aromatic heterocycles. The van der Waals surface area contributed by atoms with E-state index in [0.29, 0.717) is 31.7 Å². The molecular weight excluding hydrogens is 260 g/mol. The normalized spacial score (nSPS) is 18.1. The largest absolute Gasteiger partial charge is 0.385 e.